The van der Waals surface area contributed by atoms with E-state index in [0.717, 1.165) is 17.0 Å². The van der Waals surface area contributed by atoms with Crippen molar-refractivity contribution in [3.05, 3.63) is 42.2 Å². The number of hydrogen-bond donors (Lipinski definition) is 3. The summed E-state index contributed by atoms with van der Waals surface area (Å²) in [6.45, 7) is 4.62. The molecule has 27 heavy (non-hydrogen) atoms. The maximum atomic E-state index is 12.2. The Morgan fingerprint density at radius 1 is 1.41 bits per heavy atom. The first-order valence-electron chi connectivity index (χ1n) is 8.67. The molecule has 144 valence electrons. The van der Waals surface area contributed by atoms with Crippen LogP contribution in [-0.4, -0.2) is 40.2 Å². The molecule has 0 fully saturated rings. The number of benzene rings is 1. The van der Waals surface area contributed by atoms with Gasteiger partial charge >= 0.3 is 6.09 Å². The van der Waals surface area contributed by atoms with Crippen molar-refractivity contribution in [2.45, 2.75) is 19.9 Å². The average Bonchev–Trinajstić information content (AvgIpc) is 3.18. The third-order valence-corrected chi connectivity index (χ3v) is 4.00. The Kier molecular flexibility index (Phi) is 5.63. The highest BCUT2D eigenvalue weighted by molar-refractivity contribution is 5.86. The highest BCUT2D eigenvalue weighted by Crippen LogP contribution is 2.32. The Bertz CT molecular complexity index is 847. The van der Waals surface area contributed by atoms with Gasteiger partial charge in [-0.2, -0.15) is 10.5 Å². The summed E-state index contributed by atoms with van der Waals surface area (Å²) in [6, 6.07) is 7.32. The lowest BCUT2D eigenvalue weighted by Crippen LogP contribution is -2.38. The van der Waals surface area contributed by atoms with Crippen molar-refractivity contribution in [1.29, 1.82) is 0 Å². The summed E-state index contributed by atoms with van der Waals surface area (Å²) in [7, 11) is 1.84. The number of carbonyl (C=O) groups excluding carboxylic acids is 1. The van der Waals surface area contributed by atoms with Gasteiger partial charge in [0.15, 0.2) is 0 Å². The zero-order valence-corrected chi connectivity index (χ0v) is 15.6. The van der Waals surface area contributed by atoms with Gasteiger partial charge < -0.3 is 15.3 Å². The third kappa shape index (κ3) is 4.39. The SMILES string of the molecule is CC1=CC(C)NN1OC(=O)Nc1ccc(OCCN)c(-c2ccnn2C)c1. The van der Waals surface area contributed by atoms with Gasteiger partial charge in [-0.25, -0.2) is 4.79 Å². The summed E-state index contributed by atoms with van der Waals surface area (Å²) < 4.78 is 7.46. The van der Waals surface area contributed by atoms with Crippen LogP contribution in [0, 0.1) is 0 Å². The largest absolute Gasteiger partial charge is 0.492 e. The molecule has 0 spiro atoms. The molecule has 1 amide bonds. The predicted molar refractivity (Wildman–Crippen MR) is 101 cm³/mol. The quantitative estimate of drug-likeness (QED) is 0.712. The van der Waals surface area contributed by atoms with Crippen molar-refractivity contribution in [3.63, 3.8) is 0 Å². The van der Waals surface area contributed by atoms with Crippen LogP contribution in [0.5, 0.6) is 5.75 Å². The van der Waals surface area contributed by atoms with Crippen molar-refractivity contribution in [1.82, 2.24) is 20.4 Å². The third-order valence-electron chi connectivity index (χ3n) is 4.00. The second-order valence-corrected chi connectivity index (χ2v) is 6.21. The number of nitrogens with zero attached hydrogens (tertiary/aromatic N) is 3. The maximum absolute atomic E-state index is 12.2. The van der Waals surface area contributed by atoms with E-state index in [1.165, 1.54) is 5.17 Å². The molecule has 0 aliphatic carbocycles. The van der Waals surface area contributed by atoms with Gasteiger partial charge in [0.1, 0.15) is 12.4 Å². The fourth-order valence-corrected chi connectivity index (χ4v) is 2.82. The first-order valence-corrected chi connectivity index (χ1v) is 8.67. The van der Waals surface area contributed by atoms with E-state index in [-0.39, 0.29) is 6.04 Å². The molecule has 9 nitrogen and oxygen atoms in total. The second-order valence-electron chi connectivity index (χ2n) is 6.21. The van der Waals surface area contributed by atoms with Crippen LogP contribution in [-0.2, 0) is 11.9 Å². The maximum Gasteiger partial charge on any atom is 0.437 e. The van der Waals surface area contributed by atoms with Crippen LogP contribution in [0.15, 0.2) is 42.2 Å². The molecule has 0 saturated carbocycles. The fourth-order valence-electron chi connectivity index (χ4n) is 2.82. The van der Waals surface area contributed by atoms with Gasteiger partial charge in [-0.3, -0.25) is 10.00 Å². The van der Waals surface area contributed by atoms with Crippen LogP contribution in [0.2, 0.25) is 0 Å². The van der Waals surface area contributed by atoms with Gasteiger partial charge in [0, 0.05) is 37.1 Å². The Labute approximate surface area is 157 Å². The van der Waals surface area contributed by atoms with Gasteiger partial charge in [0.05, 0.1) is 11.4 Å². The number of rotatable bonds is 6. The molecule has 1 unspecified atom stereocenters. The Morgan fingerprint density at radius 3 is 2.85 bits per heavy atom. The minimum Gasteiger partial charge on any atom is -0.492 e. The monoisotopic (exact) mass is 372 g/mol. The lowest BCUT2D eigenvalue weighted by molar-refractivity contribution is -0.0981. The number of nitrogens with one attached hydrogen (secondary N) is 2. The van der Waals surface area contributed by atoms with Gasteiger partial charge in [-0.05, 0) is 44.2 Å². The van der Waals surface area contributed by atoms with Gasteiger partial charge in [0.2, 0.25) is 0 Å². The Hall–Kier alpha value is -3.04. The van der Waals surface area contributed by atoms with E-state index >= 15 is 0 Å². The number of amides is 1. The number of hydrazine groups is 1. The minimum absolute atomic E-state index is 0.105. The van der Waals surface area contributed by atoms with Crippen molar-refractivity contribution in [3.8, 4) is 17.0 Å². The summed E-state index contributed by atoms with van der Waals surface area (Å²) in [5, 5.41) is 8.27. The summed E-state index contributed by atoms with van der Waals surface area (Å²) in [4.78, 5) is 17.5. The summed E-state index contributed by atoms with van der Waals surface area (Å²) in [5.41, 5.74) is 11.6. The van der Waals surface area contributed by atoms with Crippen LogP contribution in [0.4, 0.5) is 10.5 Å². The number of hydroxylamine groups is 1. The van der Waals surface area contributed by atoms with Gasteiger partial charge in [0.25, 0.3) is 0 Å². The van der Waals surface area contributed by atoms with Crippen LogP contribution < -0.4 is 21.2 Å². The summed E-state index contributed by atoms with van der Waals surface area (Å²) >= 11 is 0. The average molecular weight is 372 g/mol. The van der Waals surface area contributed by atoms with Gasteiger partial charge in [-0.1, -0.05) is 0 Å². The molecule has 0 bridgehead atoms. The molecule has 1 atom stereocenters. The number of ether oxygens (including phenoxy) is 1. The fraction of sp³-hybridized carbons (Fsp3) is 0.333. The number of hydrogen-bond acceptors (Lipinski definition) is 7. The normalized spacial score (nSPS) is 16.2. The zero-order valence-electron chi connectivity index (χ0n) is 15.6. The highest BCUT2D eigenvalue weighted by Gasteiger charge is 2.21. The van der Waals surface area contributed by atoms with Crippen molar-refractivity contribution >= 4 is 11.8 Å². The molecule has 1 aliphatic rings. The second kappa shape index (κ2) is 8.11. The molecule has 2 aromatic rings. The predicted octanol–water partition coefficient (Wildman–Crippen LogP) is 2.00. The number of carbonyl (C=O) groups is 1. The van der Waals surface area contributed by atoms with Crippen molar-refractivity contribution < 1.29 is 14.4 Å². The van der Waals surface area contributed by atoms with E-state index < -0.39 is 6.09 Å². The summed E-state index contributed by atoms with van der Waals surface area (Å²) in [6.07, 6.45) is 3.05. The smallest absolute Gasteiger partial charge is 0.437 e. The minimum atomic E-state index is -0.601. The number of allylic oxidation sites excluding steroid dienone is 1. The van der Waals surface area contributed by atoms with E-state index in [9.17, 15) is 4.79 Å². The van der Waals surface area contributed by atoms with Crippen molar-refractivity contribution in [2.75, 3.05) is 18.5 Å². The molecular weight excluding hydrogens is 348 g/mol. The zero-order chi connectivity index (χ0) is 19.4. The Balaban J connectivity index is 1.77. The highest BCUT2D eigenvalue weighted by atomic mass is 16.7. The molecular formula is C18H24N6O3. The van der Waals surface area contributed by atoms with E-state index in [1.807, 2.05) is 39.1 Å². The molecule has 1 aliphatic heterocycles. The molecule has 1 aromatic heterocycles. The van der Waals surface area contributed by atoms with Crippen LogP contribution in [0.1, 0.15) is 13.8 Å². The number of anilines is 1. The van der Waals surface area contributed by atoms with E-state index in [0.29, 0.717) is 24.6 Å². The van der Waals surface area contributed by atoms with Crippen LogP contribution in [0.25, 0.3) is 11.3 Å². The first-order chi connectivity index (χ1) is 13.0. The lowest BCUT2D eigenvalue weighted by atomic mass is 10.1. The lowest BCUT2D eigenvalue weighted by Gasteiger charge is -2.20. The first kappa shape index (κ1) is 18.7. The number of aryl methyl sites for hydroxylation is 1. The Morgan fingerprint density at radius 2 is 2.22 bits per heavy atom. The van der Waals surface area contributed by atoms with E-state index in [2.05, 4.69) is 15.8 Å². The standard InChI is InChI=1S/C18H24N6O3/c1-12-10-13(2)24(22-12)27-18(25)21-14-4-5-17(26-9-7-19)15(11-14)16-6-8-20-23(16)3/h4-6,8,10-12,22H,7,9,19H2,1-3H3,(H,21,25). The van der Waals surface area contributed by atoms with Crippen LogP contribution >= 0.6 is 0 Å². The van der Waals surface area contributed by atoms with Crippen LogP contribution in [0.3, 0.4) is 0 Å². The molecule has 2 heterocycles. The number of aromatic nitrogens is 2. The van der Waals surface area contributed by atoms with E-state index in [1.54, 1.807) is 23.0 Å². The van der Waals surface area contributed by atoms with Crippen molar-refractivity contribution in [2.24, 2.45) is 12.8 Å². The molecule has 9 heteroatoms. The topological polar surface area (TPSA) is 107 Å². The van der Waals surface area contributed by atoms with Gasteiger partial charge in [-0.15, -0.1) is 5.17 Å². The summed E-state index contributed by atoms with van der Waals surface area (Å²) in [5.74, 6) is 0.664. The number of nitrogens with two attached hydrogens (primary N) is 1. The molecule has 0 saturated heterocycles. The molecule has 3 rings (SSSR count). The molecule has 0 radical (unpaired) electrons. The molecule has 4 N–H and O–H groups in total. The molecule has 1 aromatic carbocycles. The van der Waals surface area contributed by atoms with E-state index in [4.69, 9.17) is 15.3 Å².